The molecule has 1 amide bonds. The second-order valence-corrected chi connectivity index (χ2v) is 8.55. The average molecular weight is 448 g/mol. The van der Waals surface area contributed by atoms with E-state index in [-0.39, 0.29) is 23.3 Å². The lowest BCUT2D eigenvalue weighted by atomic mass is 10.0. The van der Waals surface area contributed by atoms with Crippen LogP contribution in [0.2, 0.25) is 0 Å². The summed E-state index contributed by atoms with van der Waals surface area (Å²) >= 11 is 1.27. The Hall–Kier alpha value is -3.39. The third-order valence-electron chi connectivity index (χ3n) is 5.23. The number of H-pyrrole nitrogens is 1. The molecule has 8 heteroatoms. The van der Waals surface area contributed by atoms with Gasteiger partial charge in [-0.05, 0) is 37.5 Å². The summed E-state index contributed by atoms with van der Waals surface area (Å²) in [6, 6.07) is 19.1. The molecule has 2 heterocycles. The van der Waals surface area contributed by atoms with Crippen molar-refractivity contribution in [2.75, 3.05) is 11.1 Å². The summed E-state index contributed by atoms with van der Waals surface area (Å²) in [5.41, 5.74) is 2.57. The molecule has 1 atom stereocenters. The monoisotopic (exact) mass is 447 g/mol. The maximum atomic E-state index is 13.5. The molecule has 2 N–H and O–H groups in total. The minimum absolute atomic E-state index is 0.0680. The molecule has 164 valence electrons. The van der Waals surface area contributed by atoms with Crippen LogP contribution in [0.3, 0.4) is 0 Å². The molecule has 0 fully saturated rings. The number of rotatable bonds is 8. The molecule has 7 nitrogen and oxygen atoms in total. The number of aromatic nitrogens is 4. The summed E-state index contributed by atoms with van der Waals surface area (Å²) in [7, 11) is 0. The van der Waals surface area contributed by atoms with Gasteiger partial charge < -0.3 is 5.32 Å². The Labute approximate surface area is 190 Å². The van der Waals surface area contributed by atoms with Gasteiger partial charge in [-0.15, -0.1) is 0 Å². The van der Waals surface area contributed by atoms with Crippen molar-refractivity contribution in [3.63, 3.8) is 0 Å². The lowest BCUT2D eigenvalue weighted by Crippen LogP contribution is -2.29. The van der Waals surface area contributed by atoms with E-state index in [1.54, 1.807) is 16.7 Å². The molecule has 2 aromatic heterocycles. The van der Waals surface area contributed by atoms with E-state index < -0.39 is 0 Å². The summed E-state index contributed by atoms with van der Waals surface area (Å²) < 4.78 is 1.76. The topological polar surface area (TPSA) is 92.7 Å². The summed E-state index contributed by atoms with van der Waals surface area (Å²) in [4.78, 5) is 30.7. The normalized spacial score (nSPS) is 12.1. The van der Waals surface area contributed by atoms with E-state index in [0.29, 0.717) is 28.3 Å². The molecule has 0 aliphatic rings. The number of carbonyl (C=O) groups is 1. The van der Waals surface area contributed by atoms with E-state index in [4.69, 9.17) is 4.98 Å². The molecule has 32 heavy (non-hydrogen) atoms. The van der Waals surface area contributed by atoms with Crippen LogP contribution >= 0.6 is 11.8 Å². The van der Waals surface area contributed by atoms with Crippen LogP contribution in [0.1, 0.15) is 30.6 Å². The van der Waals surface area contributed by atoms with Gasteiger partial charge in [-0.25, -0.2) is 4.98 Å². The number of para-hydroxylation sites is 1. The van der Waals surface area contributed by atoms with Gasteiger partial charge in [-0.1, -0.05) is 61.2 Å². The van der Waals surface area contributed by atoms with Crippen molar-refractivity contribution in [1.82, 2.24) is 19.7 Å². The molecule has 0 aliphatic carbocycles. The van der Waals surface area contributed by atoms with E-state index >= 15 is 0 Å². The first-order chi connectivity index (χ1) is 15.5. The van der Waals surface area contributed by atoms with E-state index in [1.807, 2.05) is 43.3 Å². The Morgan fingerprint density at radius 3 is 2.62 bits per heavy atom. The first-order valence-electron chi connectivity index (χ1n) is 10.5. The van der Waals surface area contributed by atoms with Gasteiger partial charge in [0, 0.05) is 17.8 Å². The average Bonchev–Trinajstić information content (AvgIpc) is 3.21. The number of amides is 1. The fourth-order valence-corrected chi connectivity index (χ4v) is 4.51. The highest BCUT2D eigenvalue weighted by atomic mass is 32.2. The number of hydrogen-bond acceptors (Lipinski definition) is 5. The third kappa shape index (κ3) is 4.91. The molecule has 0 saturated heterocycles. The number of nitrogens with zero attached hydrogens (tertiary/aromatic N) is 3. The van der Waals surface area contributed by atoms with Crippen molar-refractivity contribution in [1.29, 1.82) is 0 Å². The SMILES string of the molecule is CC[C@H](Cc1ccccc1)n1c(SCC(=O)Nc2cc(C)[nH]n2)nc2ccccc2c1=O. The molecule has 0 saturated carbocycles. The van der Waals surface area contributed by atoms with E-state index in [1.165, 1.54) is 11.8 Å². The number of nitrogens with one attached hydrogen (secondary N) is 2. The number of aromatic amines is 1. The van der Waals surface area contributed by atoms with Gasteiger partial charge in [0.1, 0.15) is 0 Å². The molecule has 0 unspecified atom stereocenters. The Morgan fingerprint density at radius 1 is 1.16 bits per heavy atom. The largest absolute Gasteiger partial charge is 0.308 e. The maximum Gasteiger partial charge on any atom is 0.262 e. The zero-order valence-corrected chi connectivity index (χ0v) is 18.9. The van der Waals surface area contributed by atoms with Crippen LogP contribution in [0.25, 0.3) is 10.9 Å². The predicted octanol–water partition coefficient (Wildman–Crippen LogP) is 4.35. The van der Waals surface area contributed by atoms with Crippen molar-refractivity contribution in [2.24, 2.45) is 0 Å². The molecule has 4 aromatic rings. The maximum absolute atomic E-state index is 13.5. The summed E-state index contributed by atoms with van der Waals surface area (Å²) in [6.07, 6.45) is 1.48. The highest BCUT2D eigenvalue weighted by Crippen LogP contribution is 2.25. The van der Waals surface area contributed by atoms with Crippen molar-refractivity contribution < 1.29 is 4.79 Å². The first kappa shape index (κ1) is 21.8. The van der Waals surface area contributed by atoms with Gasteiger partial charge >= 0.3 is 0 Å². The first-order valence-corrected chi connectivity index (χ1v) is 11.5. The minimum Gasteiger partial charge on any atom is -0.308 e. The molecule has 2 aromatic carbocycles. The van der Waals surface area contributed by atoms with Crippen LogP contribution in [0.15, 0.2) is 70.6 Å². The van der Waals surface area contributed by atoms with Gasteiger partial charge in [-0.3, -0.25) is 19.3 Å². The van der Waals surface area contributed by atoms with Crippen molar-refractivity contribution in [3.05, 3.63) is 82.3 Å². The third-order valence-corrected chi connectivity index (χ3v) is 6.18. The number of benzene rings is 2. The predicted molar refractivity (Wildman–Crippen MR) is 128 cm³/mol. The number of anilines is 1. The summed E-state index contributed by atoms with van der Waals surface area (Å²) in [5.74, 6) is 0.400. The molecule has 0 radical (unpaired) electrons. The van der Waals surface area contributed by atoms with Gasteiger partial charge in [0.2, 0.25) is 5.91 Å². The molecule has 0 aliphatic heterocycles. The van der Waals surface area contributed by atoms with Crippen molar-refractivity contribution >= 4 is 34.4 Å². The lowest BCUT2D eigenvalue weighted by Gasteiger charge is -2.22. The Balaban J connectivity index is 1.65. The molecule has 4 rings (SSSR count). The van der Waals surface area contributed by atoms with Crippen molar-refractivity contribution in [3.8, 4) is 0 Å². The number of aryl methyl sites for hydroxylation is 1. The second-order valence-electron chi connectivity index (χ2n) is 7.61. The van der Waals surface area contributed by atoms with Gasteiger partial charge in [0.15, 0.2) is 11.0 Å². The fraction of sp³-hybridized carbons (Fsp3) is 0.250. The van der Waals surface area contributed by atoms with Gasteiger partial charge in [0.25, 0.3) is 5.56 Å². The number of hydrogen-bond donors (Lipinski definition) is 2. The van der Waals surface area contributed by atoms with Crippen molar-refractivity contribution in [2.45, 2.75) is 37.9 Å². The van der Waals surface area contributed by atoms with Crippen LogP contribution in [-0.4, -0.2) is 31.4 Å². The van der Waals surface area contributed by atoms with Crippen LogP contribution < -0.4 is 10.9 Å². The van der Waals surface area contributed by atoms with Crippen LogP contribution in [0.5, 0.6) is 0 Å². The Kier molecular flexibility index (Phi) is 6.70. The van der Waals surface area contributed by atoms with E-state index in [2.05, 4.69) is 34.6 Å². The highest BCUT2D eigenvalue weighted by Gasteiger charge is 2.20. The van der Waals surface area contributed by atoms with Crippen LogP contribution in [0, 0.1) is 6.92 Å². The van der Waals surface area contributed by atoms with Crippen LogP contribution in [-0.2, 0) is 11.2 Å². The Bertz CT molecular complexity index is 1280. The smallest absolute Gasteiger partial charge is 0.262 e. The summed E-state index contributed by atoms with van der Waals surface area (Å²) in [6.45, 7) is 3.93. The standard InChI is InChI=1S/C24H25N5O2S/c1-3-18(14-17-9-5-4-6-10-17)29-23(31)19-11-7-8-12-20(19)25-24(29)32-15-22(30)26-21-13-16(2)27-28-21/h4-13,18H,3,14-15H2,1-2H3,(H2,26,27,28,30)/t18-/m1/s1. The highest BCUT2D eigenvalue weighted by molar-refractivity contribution is 7.99. The van der Waals surface area contributed by atoms with Gasteiger partial charge in [0.05, 0.1) is 16.7 Å². The van der Waals surface area contributed by atoms with E-state index in [9.17, 15) is 9.59 Å². The molecular formula is C24H25N5O2S. The molecule has 0 bridgehead atoms. The zero-order chi connectivity index (χ0) is 22.5. The van der Waals surface area contributed by atoms with Crippen LogP contribution in [0.4, 0.5) is 5.82 Å². The zero-order valence-electron chi connectivity index (χ0n) is 18.0. The number of thioether (sulfide) groups is 1. The van der Waals surface area contributed by atoms with E-state index in [0.717, 1.165) is 17.7 Å². The number of carbonyl (C=O) groups excluding carboxylic acids is 1. The molecular weight excluding hydrogens is 422 g/mol. The molecule has 0 spiro atoms. The quantitative estimate of drug-likeness (QED) is 0.309. The Morgan fingerprint density at radius 2 is 1.91 bits per heavy atom. The summed E-state index contributed by atoms with van der Waals surface area (Å²) in [5, 5.41) is 10.7. The fourth-order valence-electron chi connectivity index (χ4n) is 3.64. The number of fused-ring (bicyclic) bond motifs is 1. The lowest BCUT2D eigenvalue weighted by molar-refractivity contribution is -0.113. The second kappa shape index (κ2) is 9.82. The van der Waals surface area contributed by atoms with Gasteiger partial charge in [-0.2, -0.15) is 5.10 Å². The minimum atomic E-state index is -0.202.